The molecule has 3 nitrogen and oxygen atoms in total. The Morgan fingerprint density at radius 1 is 1.38 bits per heavy atom. The molecule has 2 N–H and O–H groups in total. The number of hydrogen-bond donors (Lipinski definition) is 1. The third-order valence-electron chi connectivity index (χ3n) is 2.07. The lowest BCUT2D eigenvalue weighted by molar-refractivity contribution is 0.00306. The highest BCUT2D eigenvalue weighted by Gasteiger charge is 2.10. The molecule has 0 aliphatic rings. The van der Waals surface area contributed by atoms with Crippen molar-refractivity contribution in [3.63, 3.8) is 0 Å². The van der Waals surface area contributed by atoms with E-state index in [9.17, 15) is 0 Å². The van der Waals surface area contributed by atoms with Crippen molar-refractivity contribution < 1.29 is 9.47 Å². The molecule has 0 spiro atoms. The first kappa shape index (κ1) is 13.6. The topological polar surface area (TPSA) is 44.5 Å². The van der Waals surface area contributed by atoms with E-state index in [1.807, 2.05) is 11.4 Å². The molecule has 0 amide bonds. The zero-order valence-corrected chi connectivity index (χ0v) is 10.8. The Kier molecular flexibility index (Phi) is 6.64. The van der Waals surface area contributed by atoms with Gasteiger partial charge in [-0.2, -0.15) is 0 Å². The number of thiophene rings is 1. The van der Waals surface area contributed by atoms with Crippen molar-refractivity contribution in [1.82, 2.24) is 0 Å². The minimum Gasteiger partial charge on any atom is -0.379 e. The molecule has 0 fully saturated rings. The van der Waals surface area contributed by atoms with E-state index in [2.05, 4.69) is 19.9 Å². The van der Waals surface area contributed by atoms with Gasteiger partial charge in [0.05, 0.1) is 13.2 Å². The lowest BCUT2D eigenvalue weighted by Crippen LogP contribution is -2.17. The molecule has 1 aromatic heterocycles. The summed E-state index contributed by atoms with van der Waals surface area (Å²) in [5, 5.41) is 2.04. The van der Waals surface area contributed by atoms with Gasteiger partial charge in [0.1, 0.15) is 6.10 Å². The third kappa shape index (κ3) is 5.07. The van der Waals surface area contributed by atoms with Crippen molar-refractivity contribution in [2.24, 2.45) is 11.7 Å². The Hall–Kier alpha value is -0.420. The number of ether oxygens (including phenoxy) is 2. The summed E-state index contributed by atoms with van der Waals surface area (Å²) in [5.41, 5.74) is 5.67. The molecule has 0 aliphatic heterocycles. The van der Waals surface area contributed by atoms with E-state index >= 15 is 0 Å². The van der Waals surface area contributed by atoms with Gasteiger partial charge < -0.3 is 15.2 Å². The first-order chi connectivity index (χ1) is 7.74. The fraction of sp³-hybridized carbons (Fsp3) is 0.667. The highest BCUT2D eigenvalue weighted by molar-refractivity contribution is 7.10. The summed E-state index contributed by atoms with van der Waals surface area (Å²) in [6.07, 6.45) is 0.0163. The van der Waals surface area contributed by atoms with Crippen LogP contribution in [0, 0.1) is 5.92 Å². The summed E-state index contributed by atoms with van der Waals surface area (Å²) in [4.78, 5) is 1.19. The average molecular weight is 243 g/mol. The van der Waals surface area contributed by atoms with Gasteiger partial charge in [-0.25, -0.2) is 0 Å². The Labute approximate surface area is 102 Å². The van der Waals surface area contributed by atoms with Crippen LogP contribution >= 0.6 is 11.3 Å². The standard InChI is InChI=1S/C12H21NO2S/c1-10(2)9-14-5-6-15-11(8-13)12-4-3-7-16-12/h3-4,7,10-11H,5-6,8-9,13H2,1-2H3. The molecule has 4 heteroatoms. The highest BCUT2D eigenvalue weighted by atomic mass is 32.1. The second kappa shape index (κ2) is 7.79. The van der Waals surface area contributed by atoms with Crippen molar-refractivity contribution in [3.8, 4) is 0 Å². The normalized spacial score (nSPS) is 13.2. The summed E-state index contributed by atoms with van der Waals surface area (Å²) in [5.74, 6) is 0.572. The van der Waals surface area contributed by atoms with Crippen LogP contribution in [0.15, 0.2) is 17.5 Å². The number of rotatable bonds is 8. The summed E-state index contributed by atoms with van der Waals surface area (Å²) >= 11 is 1.68. The zero-order valence-electron chi connectivity index (χ0n) is 10.0. The van der Waals surface area contributed by atoms with Crippen molar-refractivity contribution >= 4 is 11.3 Å². The number of nitrogens with two attached hydrogens (primary N) is 1. The van der Waals surface area contributed by atoms with Gasteiger partial charge in [0, 0.05) is 18.0 Å². The van der Waals surface area contributed by atoms with Crippen molar-refractivity contribution in [1.29, 1.82) is 0 Å². The molecule has 0 radical (unpaired) electrons. The lowest BCUT2D eigenvalue weighted by atomic mass is 10.2. The SMILES string of the molecule is CC(C)COCCOC(CN)c1cccs1. The summed E-state index contributed by atoms with van der Waals surface area (Å²) in [6, 6.07) is 4.07. The minimum atomic E-state index is 0.0163. The minimum absolute atomic E-state index is 0.0163. The molecule has 92 valence electrons. The Bertz CT molecular complexity index is 262. The van der Waals surface area contributed by atoms with E-state index in [4.69, 9.17) is 15.2 Å². The largest absolute Gasteiger partial charge is 0.379 e. The molecule has 1 aromatic rings. The van der Waals surface area contributed by atoms with Gasteiger partial charge in [-0.05, 0) is 17.4 Å². The van der Waals surface area contributed by atoms with Crippen LogP contribution < -0.4 is 5.73 Å². The Morgan fingerprint density at radius 2 is 2.19 bits per heavy atom. The van der Waals surface area contributed by atoms with Crippen molar-refractivity contribution in [2.75, 3.05) is 26.4 Å². The third-order valence-corrected chi connectivity index (χ3v) is 3.04. The molecule has 1 unspecified atom stereocenters. The fourth-order valence-electron chi connectivity index (χ4n) is 1.31. The van der Waals surface area contributed by atoms with E-state index in [1.54, 1.807) is 11.3 Å². The molecule has 1 heterocycles. The van der Waals surface area contributed by atoms with Gasteiger partial charge >= 0.3 is 0 Å². The maximum absolute atomic E-state index is 5.68. The van der Waals surface area contributed by atoms with Gasteiger partial charge in [-0.1, -0.05) is 19.9 Å². The molecule has 1 atom stereocenters. The summed E-state index contributed by atoms with van der Waals surface area (Å²) in [7, 11) is 0. The van der Waals surface area contributed by atoms with E-state index in [1.165, 1.54) is 4.88 Å². The molecule has 0 aliphatic carbocycles. The van der Waals surface area contributed by atoms with Crippen LogP contribution in [0.25, 0.3) is 0 Å². The zero-order chi connectivity index (χ0) is 11.8. The van der Waals surface area contributed by atoms with Gasteiger partial charge in [0.2, 0.25) is 0 Å². The second-order valence-corrected chi connectivity index (χ2v) is 5.06. The maximum atomic E-state index is 5.68. The van der Waals surface area contributed by atoms with Crippen molar-refractivity contribution in [3.05, 3.63) is 22.4 Å². The van der Waals surface area contributed by atoms with Crippen LogP contribution in [-0.2, 0) is 9.47 Å². The molecule has 0 saturated carbocycles. The molecule has 0 saturated heterocycles. The van der Waals surface area contributed by atoms with E-state index in [-0.39, 0.29) is 6.10 Å². The predicted octanol–water partition coefficient (Wildman–Crippen LogP) is 2.44. The van der Waals surface area contributed by atoms with Crippen LogP contribution in [0.5, 0.6) is 0 Å². The summed E-state index contributed by atoms with van der Waals surface area (Å²) < 4.78 is 11.1. The monoisotopic (exact) mass is 243 g/mol. The van der Waals surface area contributed by atoms with Crippen LogP contribution in [0.2, 0.25) is 0 Å². The molecular formula is C12H21NO2S. The van der Waals surface area contributed by atoms with Gasteiger partial charge in [0.25, 0.3) is 0 Å². The first-order valence-electron chi connectivity index (χ1n) is 5.67. The first-order valence-corrected chi connectivity index (χ1v) is 6.54. The average Bonchev–Trinajstić information content (AvgIpc) is 2.76. The maximum Gasteiger partial charge on any atom is 0.104 e. The van der Waals surface area contributed by atoms with Crippen molar-refractivity contribution in [2.45, 2.75) is 20.0 Å². The molecule has 0 aromatic carbocycles. The van der Waals surface area contributed by atoms with E-state index < -0.39 is 0 Å². The molecular weight excluding hydrogens is 222 g/mol. The second-order valence-electron chi connectivity index (χ2n) is 4.08. The smallest absolute Gasteiger partial charge is 0.104 e. The fourth-order valence-corrected chi connectivity index (χ4v) is 2.10. The van der Waals surface area contributed by atoms with Crippen LogP contribution in [0.4, 0.5) is 0 Å². The molecule has 0 bridgehead atoms. The van der Waals surface area contributed by atoms with Crippen LogP contribution in [0.1, 0.15) is 24.8 Å². The van der Waals surface area contributed by atoms with Gasteiger partial charge in [0.15, 0.2) is 0 Å². The van der Waals surface area contributed by atoms with E-state index in [0.717, 1.165) is 6.61 Å². The van der Waals surface area contributed by atoms with E-state index in [0.29, 0.717) is 25.7 Å². The van der Waals surface area contributed by atoms with Gasteiger partial charge in [-0.3, -0.25) is 0 Å². The quantitative estimate of drug-likeness (QED) is 0.713. The highest BCUT2D eigenvalue weighted by Crippen LogP contribution is 2.21. The number of hydrogen-bond acceptors (Lipinski definition) is 4. The summed E-state index contributed by atoms with van der Waals surface area (Å²) in [6.45, 7) is 6.82. The van der Waals surface area contributed by atoms with Gasteiger partial charge in [-0.15, -0.1) is 11.3 Å². The Balaban J connectivity index is 2.15. The Morgan fingerprint density at radius 3 is 2.75 bits per heavy atom. The van der Waals surface area contributed by atoms with Crippen LogP contribution in [-0.4, -0.2) is 26.4 Å². The molecule has 1 rings (SSSR count). The van der Waals surface area contributed by atoms with Crippen LogP contribution in [0.3, 0.4) is 0 Å². The molecule has 16 heavy (non-hydrogen) atoms. The lowest BCUT2D eigenvalue weighted by Gasteiger charge is -2.14. The predicted molar refractivity (Wildman–Crippen MR) is 67.7 cm³/mol.